The molecule has 1 aliphatic heterocycles. The van der Waals surface area contributed by atoms with Crippen LogP contribution in [-0.4, -0.2) is 29.9 Å². The second-order valence-corrected chi connectivity index (χ2v) is 7.69. The van der Waals surface area contributed by atoms with Crippen LogP contribution in [0.3, 0.4) is 0 Å². The van der Waals surface area contributed by atoms with E-state index in [0.29, 0.717) is 25.4 Å². The number of nitrogens with zero attached hydrogens (tertiary/aromatic N) is 1. The number of urea groups is 1. The van der Waals surface area contributed by atoms with Crippen LogP contribution in [0.5, 0.6) is 0 Å². The molecule has 1 fully saturated rings. The molecule has 1 atom stereocenters. The molecular formula is C23H28FN3O2. The predicted molar refractivity (Wildman–Crippen MR) is 112 cm³/mol. The zero-order chi connectivity index (χ0) is 20.6. The largest absolute Gasteiger partial charge is 0.352 e. The first-order valence-corrected chi connectivity index (χ1v) is 10.1. The fourth-order valence-electron chi connectivity index (χ4n) is 3.55. The van der Waals surface area contributed by atoms with E-state index in [1.54, 1.807) is 12.1 Å². The SMILES string of the molecule is Cc1ccc(NC(=O)N2CCCC(CCC(=O)NCc3ccc(F)cc3)C2)cc1. The van der Waals surface area contributed by atoms with Gasteiger partial charge in [0.1, 0.15) is 5.82 Å². The van der Waals surface area contributed by atoms with Gasteiger partial charge < -0.3 is 15.5 Å². The fourth-order valence-corrected chi connectivity index (χ4v) is 3.55. The molecule has 0 spiro atoms. The Labute approximate surface area is 171 Å². The second-order valence-electron chi connectivity index (χ2n) is 7.69. The van der Waals surface area contributed by atoms with Crippen molar-refractivity contribution < 1.29 is 14.0 Å². The van der Waals surface area contributed by atoms with Gasteiger partial charge in [0.2, 0.25) is 5.91 Å². The van der Waals surface area contributed by atoms with Gasteiger partial charge in [-0.05, 0) is 61.9 Å². The van der Waals surface area contributed by atoms with Crippen LogP contribution in [0.15, 0.2) is 48.5 Å². The number of carbonyl (C=O) groups is 2. The summed E-state index contributed by atoms with van der Waals surface area (Å²) in [4.78, 5) is 26.5. The molecule has 154 valence electrons. The molecule has 3 amide bonds. The highest BCUT2D eigenvalue weighted by atomic mass is 19.1. The smallest absolute Gasteiger partial charge is 0.321 e. The average Bonchev–Trinajstić information content (AvgIpc) is 2.73. The first-order valence-electron chi connectivity index (χ1n) is 10.1. The number of benzene rings is 2. The number of amides is 3. The van der Waals surface area contributed by atoms with Crippen LogP contribution in [0.2, 0.25) is 0 Å². The molecule has 0 radical (unpaired) electrons. The van der Waals surface area contributed by atoms with Crippen LogP contribution in [0.25, 0.3) is 0 Å². The number of likely N-dealkylation sites (tertiary alicyclic amines) is 1. The van der Waals surface area contributed by atoms with Crippen molar-refractivity contribution in [3.63, 3.8) is 0 Å². The molecule has 1 heterocycles. The first kappa shape index (κ1) is 20.8. The molecule has 2 aromatic carbocycles. The van der Waals surface area contributed by atoms with Gasteiger partial charge in [0.15, 0.2) is 0 Å². The lowest BCUT2D eigenvalue weighted by molar-refractivity contribution is -0.121. The van der Waals surface area contributed by atoms with E-state index in [2.05, 4.69) is 10.6 Å². The van der Waals surface area contributed by atoms with Crippen molar-refractivity contribution in [2.75, 3.05) is 18.4 Å². The third-order valence-electron chi connectivity index (χ3n) is 5.29. The highest BCUT2D eigenvalue weighted by molar-refractivity contribution is 5.89. The van der Waals surface area contributed by atoms with Gasteiger partial charge in [0.25, 0.3) is 0 Å². The molecule has 3 rings (SSSR count). The third kappa shape index (κ3) is 6.59. The number of nitrogens with one attached hydrogen (secondary N) is 2. The highest BCUT2D eigenvalue weighted by Crippen LogP contribution is 2.22. The van der Waals surface area contributed by atoms with Crippen LogP contribution < -0.4 is 10.6 Å². The number of halogens is 1. The van der Waals surface area contributed by atoms with E-state index in [1.807, 2.05) is 36.1 Å². The Bertz CT molecular complexity index is 821. The first-order chi connectivity index (χ1) is 14.0. The number of rotatable bonds is 6. The van der Waals surface area contributed by atoms with Gasteiger partial charge in [0.05, 0.1) is 0 Å². The van der Waals surface area contributed by atoms with E-state index in [4.69, 9.17) is 0 Å². The zero-order valence-corrected chi connectivity index (χ0v) is 16.8. The van der Waals surface area contributed by atoms with Crippen molar-refractivity contribution in [3.8, 4) is 0 Å². The number of carbonyl (C=O) groups excluding carboxylic acids is 2. The third-order valence-corrected chi connectivity index (χ3v) is 5.29. The summed E-state index contributed by atoms with van der Waals surface area (Å²) in [7, 11) is 0. The maximum Gasteiger partial charge on any atom is 0.321 e. The van der Waals surface area contributed by atoms with E-state index in [-0.39, 0.29) is 17.8 Å². The number of hydrogen-bond acceptors (Lipinski definition) is 2. The van der Waals surface area contributed by atoms with Gasteiger partial charge in [-0.1, -0.05) is 29.8 Å². The Balaban J connectivity index is 1.40. The van der Waals surface area contributed by atoms with Gasteiger partial charge in [-0.2, -0.15) is 0 Å². The van der Waals surface area contributed by atoms with Crippen LogP contribution >= 0.6 is 0 Å². The minimum absolute atomic E-state index is 0.0180. The summed E-state index contributed by atoms with van der Waals surface area (Å²) >= 11 is 0. The molecule has 1 aliphatic rings. The summed E-state index contributed by atoms with van der Waals surface area (Å²) in [6.45, 7) is 3.82. The lowest BCUT2D eigenvalue weighted by Crippen LogP contribution is -2.42. The Morgan fingerprint density at radius 3 is 2.55 bits per heavy atom. The lowest BCUT2D eigenvalue weighted by Gasteiger charge is -2.32. The summed E-state index contributed by atoms with van der Waals surface area (Å²) in [5, 5.41) is 5.82. The van der Waals surface area contributed by atoms with Crippen molar-refractivity contribution in [1.82, 2.24) is 10.2 Å². The molecule has 1 saturated heterocycles. The summed E-state index contributed by atoms with van der Waals surface area (Å²) in [6.07, 6.45) is 3.16. The number of hydrogen-bond donors (Lipinski definition) is 2. The van der Waals surface area contributed by atoms with Crippen LogP contribution in [0, 0.1) is 18.7 Å². The molecule has 5 nitrogen and oxygen atoms in total. The summed E-state index contributed by atoms with van der Waals surface area (Å²) in [5.74, 6) is 0.0213. The van der Waals surface area contributed by atoms with Crippen molar-refractivity contribution >= 4 is 17.6 Å². The van der Waals surface area contributed by atoms with E-state index in [0.717, 1.165) is 42.6 Å². The maximum atomic E-state index is 12.9. The Kier molecular flexibility index (Phi) is 7.22. The lowest BCUT2D eigenvalue weighted by atomic mass is 9.93. The van der Waals surface area contributed by atoms with Crippen molar-refractivity contribution in [3.05, 3.63) is 65.5 Å². The summed E-state index contributed by atoms with van der Waals surface area (Å²) in [5.41, 5.74) is 2.82. The Morgan fingerprint density at radius 1 is 1.10 bits per heavy atom. The molecule has 1 unspecified atom stereocenters. The maximum absolute atomic E-state index is 12.9. The molecule has 0 aliphatic carbocycles. The normalized spacial score (nSPS) is 16.3. The minimum Gasteiger partial charge on any atom is -0.352 e. The predicted octanol–water partition coefficient (Wildman–Crippen LogP) is 4.47. The summed E-state index contributed by atoms with van der Waals surface area (Å²) in [6, 6.07) is 13.8. The fraction of sp³-hybridized carbons (Fsp3) is 0.391. The molecule has 2 aromatic rings. The highest BCUT2D eigenvalue weighted by Gasteiger charge is 2.24. The van der Waals surface area contributed by atoms with Gasteiger partial charge in [-0.15, -0.1) is 0 Å². The van der Waals surface area contributed by atoms with Crippen molar-refractivity contribution in [2.24, 2.45) is 5.92 Å². The number of anilines is 1. The topological polar surface area (TPSA) is 61.4 Å². The quantitative estimate of drug-likeness (QED) is 0.755. The van der Waals surface area contributed by atoms with Gasteiger partial charge in [-0.3, -0.25) is 4.79 Å². The Hall–Kier alpha value is -2.89. The van der Waals surface area contributed by atoms with E-state index in [1.165, 1.54) is 12.1 Å². The van der Waals surface area contributed by atoms with E-state index >= 15 is 0 Å². The van der Waals surface area contributed by atoms with E-state index in [9.17, 15) is 14.0 Å². The van der Waals surface area contributed by atoms with Crippen molar-refractivity contribution in [1.29, 1.82) is 0 Å². The molecule has 2 N–H and O–H groups in total. The van der Waals surface area contributed by atoms with Gasteiger partial charge >= 0.3 is 6.03 Å². The molecule has 0 bridgehead atoms. The zero-order valence-electron chi connectivity index (χ0n) is 16.8. The average molecular weight is 397 g/mol. The summed E-state index contributed by atoms with van der Waals surface area (Å²) < 4.78 is 12.9. The molecule has 0 aromatic heterocycles. The monoisotopic (exact) mass is 397 g/mol. The molecular weight excluding hydrogens is 369 g/mol. The molecule has 0 saturated carbocycles. The molecule has 29 heavy (non-hydrogen) atoms. The van der Waals surface area contributed by atoms with Gasteiger partial charge in [0, 0.05) is 31.7 Å². The number of aryl methyl sites for hydroxylation is 1. The number of piperidine rings is 1. The second kappa shape index (κ2) is 10.0. The van der Waals surface area contributed by atoms with E-state index < -0.39 is 0 Å². The van der Waals surface area contributed by atoms with Gasteiger partial charge in [-0.25, -0.2) is 9.18 Å². The minimum atomic E-state index is -0.284. The van der Waals surface area contributed by atoms with Crippen LogP contribution in [0.4, 0.5) is 14.9 Å². The standard InChI is InChI=1S/C23H28FN3O2/c1-17-4-11-21(12-5-17)26-23(29)27-14-2-3-19(16-27)8-13-22(28)25-15-18-6-9-20(24)10-7-18/h4-7,9-12,19H,2-3,8,13-16H2,1H3,(H,25,28)(H,26,29). The van der Waals surface area contributed by atoms with Crippen LogP contribution in [0.1, 0.15) is 36.8 Å². The van der Waals surface area contributed by atoms with Crippen molar-refractivity contribution in [2.45, 2.75) is 39.2 Å². The Morgan fingerprint density at radius 2 is 1.83 bits per heavy atom. The van der Waals surface area contributed by atoms with Crippen LogP contribution in [-0.2, 0) is 11.3 Å². The molecule has 6 heteroatoms.